The van der Waals surface area contributed by atoms with E-state index in [1.54, 1.807) is 12.1 Å². The lowest BCUT2D eigenvalue weighted by atomic mass is 9.87. The molecule has 2 aromatic heterocycles. The van der Waals surface area contributed by atoms with Gasteiger partial charge in [-0.05, 0) is 24.3 Å². The van der Waals surface area contributed by atoms with Crippen LogP contribution in [-0.4, -0.2) is 47.0 Å². The summed E-state index contributed by atoms with van der Waals surface area (Å²) in [4.78, 5) is 23.3. The molecule has 7 nitrogen and oxygen atoms in total. The van der Waals surface area contributed by atoms with Crippen molar-refractivity contribution in [2.75, 3.05) is 24.7 Å². The molecule has 36 heavy (non-hydrogen) atoms. The number of hydrogen-bond acceptors (Lipinski definition) is 6. The normalized spacial score (nSPS) is 17.2. The Morgan fingerprint density at radius 3 is 2.56 bits per heavy atom. The lowest BCUT2D eigenvalue weighted by Crippen LogP contribution is -2.33. The fourth-order valence-corrected chi connectivity index (χ4v) is 4.43. The summed E-state index contributed by atoms with van der Waals surface area (Å²) in [6, 6.07) is 8.09. The molecule has 2 aliphatic rings. The van der Waals surface area contributed by atoms with Gasteiger partial charge in [0.1, 0.15) is 17.4 Å². The zero-order valence-electron chi connectivity index (χ0n) is 18.9. The number of carbonyl (C=O) groups excluding carboxylic acids is 1. The Hall–Kier alpha value is -3.57. The van der Waals surface area contributed by atoms with E-state index in [0.29, 0.717) is 48.6 Å². The van der Waals surface area contributed by atoms with Crippen molar-refractivity contribution in [2.24, 2.45) is 0 Å². The summed E-state index contributed by atoms with van der Waals surface area (Å²) in [5.74, 6) is -1.12. The summed E-state index contributed by atoms with van der Waals surface area (Å²) in [5.41, 5.74) is 0.693. The SMILES string of the molecule is O=C1c2ccnc(-c3ccc(F)cc3OCC(F)(F)F)c2CN1c1ccc(C2(O)CCOCC2)cn1. The molecular weight excluding hydrogens is 482 g/mol. The maximum atomic E-state index is 13.8. The molecule has 5 rings (SSSR count). The molecule has 0 spiro atoms. The van der Waals surface area contributed by atoms with Crippen LogP contribution in [0.1, 0.15) is 34.3 Å². The average molecular weight is 503 g/mol. The van der Waals surface area contributed by atoms with Crippen molar-refractivity contribution >= 4 is 11.7 Å². The topological polar surface area (TPSA) is 84.8 Å². The fraction of sp³-hybridized carbons (Fsp3) is 0.320. The Morgan fingerprint density at radius 1 is 1.08 bits per heavy atom. The number of aromatic nitrogens is 2. The van der Waals surface area contributed by atoms with Gasteiger partial charge in [-0.25, -0.2) is 9.37 Å². The van der Waals surface area contributed by atoms with Crippen LogP contribution in [0.15, 0.2) is 48.8 Å². The minimum absolute atomic E-state index is 0.0535. The van der Waals surface area contributed by atoms with Crippen LogP contribution in [0, 0.1) is 5.82 Å². The summed E-state index contributed by atoms with van der Waals surface area (Å²) in [5, 5.41) is 10.9. The van der Waals surface area contributed by atoms with Crippen molar-refractivity contribution < 1.29 is 36.9 Å². The third-order valence-electron chi connectivity index (χ3n) is 6.32. The minimum Gasteiger partial charge on any atom is -0.483 e. The maximum Gasteiger partial charge on any atom is 0.422 e. The number of carbonyl (C=O) groups is 1. The maximum absolute atomic E-state index is 13.8. The van der Waals surface area contributed by atoms with Gasteiger partial charge in [-0.15, -0.1) is 0 Å². The van der Waals surface area contributed by atoms with E-state index in [9.17, 15) is 27.5 Å². The molecule has 1 N–H and O–H groups in total. The van der Waals surface area contributed by atoms with Gasteiger partial charge in [0.2, 0.25) is 0 Å². The number of pyridine rings is 2. The van der Waals surface area contributed by atoms with Gasteiger partial charge in [-0.1, -0.05) is 6.07 Å². The number of anilines is 1. The molecule has 0 atom stereocenters. The number of fused-ring (bicyclic) bond motifs is 1. The van der Waals surface area contributed by atoms with E-state index in [1.165, 1.54) is 29.4 Å². The summed E-state index contributed by atoms with van der Waals surface area (Å²) >= 11 is 0. The first-order chi connectivity index (χ1) is 17.1. The van der Waals surface area contributed by atoms with Crippen molar-refractivity contribution in [3.63, 3.8) is 0 Å². The number of amides is 1. The van der Waals surface area contributed by atoms with E-state index < -0.39 is 24.2 Å². The Labute approximate surface area is 203 Å². The van der Waals surface area contributed by atoms with Gasteiger partial charge in [-0.2, -0.15) is 13.2 Å². The highest BCUT2D eigenvalue weighted by atomic mass is 19.4. The summed E-state index contributed by atoms with van der Waals surface area (Å²) in [6.07, 6.45) is -0.845. The van der Waals surface area contributed by atoms with Crippen LogP contribution in [0.5, 0.6) is 5.75 Å². The first-order valence-corrected chi connectivity index (χ1v) is 11.2. The van der Waals surface area contributed by atoms with Crippen molar-refractivity contribution in [3.05, 3.63) is 71.3 Å². The molecule has 11 heteroatoms. The largest absolute Gasteiger partial charge is 0.483 e. The number of rotatable bonds is 5. The number of aliphatic hydroxyl groups is 1. The van der Waals surface area contributed by atoms with Crippen LogP contribution in [-0.2, 0) is 16.9 Å². The van der Waals surface area contributed by atoms with Crippen LogP contribution >= 0.6 is 0 Å². The van der Waals surface area contributed by atoms with Crippen LogP contribution in [0.4, 0.5) is 23.4 Å². The second-order valence-corrected chi connectivity index (χ2v) is 8.67. The predicted octanol–water partition coefficient (Wildman–Crippen LogP) is 4.38. The van der Waals surface area contributed by atoms with E-state index in [1.807, 2.05) is 0 Å². The number of alkyl halides is 3. The Bertz CT molecular complexity index is 1290. The van der Waals surface area contributed by atoms with Crippen LogP contribution < -0.4 is 9.64 Å². The van der Waals surface area contributed by atoms with Gasteiger partial charge in [0, 0.05) is 66.8 Å². The molecule has 188 valence electrons. The van der Waals surface area contributed by atoms with Gasteiger partial charge in [0.05, 0.1) is 17.8 Å². The first kappa shape index (κ1) is 24.1. The van der Waals surface area contributed by atoms with E-state index in [-0.39, 0.29) is 29.5 Å². The third kappa shape index (κ3) is 4.63. The number of halogens is 4. The number of hydrogen-bond donors (Lipinski definition) is 1. The highest BCUT2D eigenvalue weighted by Crippen LogP contribution is 2.38. The van der Waals surface area contributed by atoms with Gasteiger partial charge < -0.3 is 14.6 Å². The minimum atomic E-state index is -4.61. The highest BCUT2D eigenvalue weighted by molar-refractivity contribution is 6.10. The van der Waals surface area contributed by atoms with Gasteiger partial charge in [-0.3, -0.25) is 14.7 Å². The molecule has 1 fully saturated rings. The fourth-order valence-electron chi connectivity index (χ4n) is 4.43. The molecule has 1 aromatic carbocycles. The number of ether oxygens (including phenoxy) is 2. The monoisotopic (exact) mass is 503 g/mol. The van der Waals surface area contributed by atoms with Crippen molar-refractivity contribution in [1.29, 1.82) is 0 Å². The van der Waals surface area contributed by atoms with Crippen LogP contribution in [0.25, 0.3) is 11.3 Å². The van der Waals surface area contributed by atoms with E-state index >= 15 is 0 Å². The zero-order valence-corrected chi connectivity index (χ0v) is 18.9. The van der Waals surface area contributed by atoms with Gasteiger partial charge in [0.25, 0.3) is 5.91 Å². The molecule has 0 radical (unpaired) electrons. The molecule has 2 aliphatic heterocycles. The third-order valence-corrected chi connectivity index (χ3v) is 6.32. The van der Waals surface area contributed by atoms with E-state index in [4.69, 9.17) is 9.47 Å². The highest BCUT2D eigenvalue weighted by Gasteiger charge is 2.35. The summed E-state index contributed by atoms with van der Waals surface area (Å²) in [7, 11) is 0. The number of nitrogens with zero attached hydrogens (tertiary/aromatic N) is 3. The Morgan fingerprint density at radius 2 is 1.86 bits per heavy atom. The molecule has 0 bridgehead atoms. The van der Waals surface area contributed by atoms with Crippen LogP contribution in [0.3, 0.4) is 0 Å². The lowest BCUT2D eigenvalue weighted by molar-refractivity contribution is -0.153. The Kier molecular flexibility index (Phi) is 6.13. The second-order valence-electron chi connectivity index (χ2n) is 8.67. The van der Waals surface area contributed by atoms with E-state index in [0.717, 1.165) is 12.1 Å². The lowest BCUT2D eigenvalue weighted by Gasteiger charge is -2.32. The molecular formula is C25H21F4N3O4. The molecule has 3 aromatic rings. The van der Waals surface area contributed by atoms with Crippen molar-refractivity contribution in [2.45, 2.75) is 31.2 Å². The van der Waals surface area contributed by atoms with Crippen molar-refractivity contribution in [3.8, 4) is 17.0 Å². The van der Waals surface area contributed by atoms with E-state index in [2.05, 4.69) is 9.97 Å². The Balaban J connectivity index is 1.45. The number of benzene rings is 1. The van der Waals surface area contributed by atoms with Crippen molar-refractivity contribution in [1.82, 2.24) is 9.97 Å². The predicted molar refractivity (Wildman–Crippen MR) is 120 cm³/mol. The molecule has 0 unspecified atom stereocenters. The zero-order chi connectivity index (χ0) is 25.5. The summed E-state index contributed by atoms with van der Waals surface area (Å²) in [6.45, 7) is -0.672. The van der Waals surface area contributed by atoms with Gasteiger partial charge in [0.15, 0.2) is 6.61 Å². The molecule has 0 aliphatic carbocycles. The smallest absolute Gasteiger partial charge is 0.422 e. The molecule has 4 heterocycles. The average Bonchev–Trinajstić information content (AvgIpc) is 3.20. The summed E-state index contributed by atoms with van der Waals surface area (Å²) < 4.78 is 62.2. The first-order valence-electron chi connectivity index (χ1n) is 11.2. The standard InChI is InChI=1S/C25H21F4N3O4/c26-16-2-3-18(20(11-16)36-14-25(27,28)29)22-19-13-32(23(33)17(19)5-8-30-22)21-4-1-15(12-31-21)24(34)6-9-35-10-7-24/h1-5,8,11-12,34H,6-7,9-10,13-14H2. The quantitative estimate of drug-likeness (QED) is 0.521. The second kappa shape index (κ2) is 9.14. The molecule has 1 amide bonds. The molecule has 0 saturated carbocycles. The van der Waals surface area contributed by atoms with Gasteiger partial charge >= 0.3 is 6.18 Å². The van der Waals surface area contributed by atoms with Crippen LogP contribution in [0.2, 0.25) is 0 Å². The molecule has 1 saturated heterocycles.